The van der Waals surface area contributed by atoms with Crippen LogP contribution in [-0.4, -0.2) is 5.78 Å². The number of nitrogens with one attached hydrogen (secondary N) is 2. The second-order valence-corrected chi connectivity index (χ2v) is 6.28. The molecule has 116 valence electrons. The molecule has 0 saturated heterocycles. The highest BCUT2D eigenvalue weighted by molar-refractivity contribution is 5.94. The summed E-state index contributed by atoms with van der Waals surface area (Å²) in [5.41, 5.74) is 7.15. The fourth-order valence-electron chi connectivity index (χ4n) is 3.57. The number of para-hydroxylation sites is 1. The van der Waals surface area contributed by atoms with E-state index >= 15 is 0 Å². The minimum Gasteiger partial charge on any atom is -0.374 e. The maximum Gasteiger partial charge on any atom is 0.159 e. The number of hydrogen-bond acceptors (Lipinski definition) is 3. The molecule has 1 atom stereocenters. The van der Waals surface area contributed by atoms with E-state index in [9.17, 15) is 4.79 Å². The average Bonchev–Trinajstić information content (AvgIpc) is 3.03. The Labute approximate surface area is 136 Å². The summed E-state index contributed by atoms with van der Waals surface area (Å²) in [6.07, 6.45) is 3.48. The van der Waals surface area contributed by atoms with Crippen molar-refractivity contribution in [1.29, 1.82) is 0 Å². The van der Waals surface area contributed by atoms with Crippen LogP contribution in [0.25, 0.3) is 0 Å². The largest absolute Gasteiger partial charge is 0.374 e. The van der Waals surface area contributed by atoms with Crippen molar-refractivity contribution in [3.05, 3.63) is 70.9 Å². The zero-order valence-corrected chi connectivity index (χ0v) is 13.2. The molecule has 2 aliphatic rings. The van der Waals surface area contributed by atoms with Gasteiger partial charge < -0.3 is 10.6 Å². The number of rotatable bonds is 3. The molecule has 0 spiro atoms. The fourth-order valence-corrected chi connectivity index (χ4v) is 3.57. The van der Waals surface area contributed by atoms with E-state index in [0.717, 1.165) is 24.1 Å². The number of allylic oxidation sites excluding steroid dienone is 1. The summed E-state index contributed by atoms with van der Waals surface area (Å²) in [6, 6.07) is 16.5. The van der Waals surface area contributed by atoms with Crippen molar-refractivity contribution in [2.24, 2.45) is 0 Å². The van der Waals surface area contributed by atoms with Crippen molar-refractivity contribution in [3.8, 4) is 0 Å². The lowest BCUT2D eigenvalue weighted by atomic mass is 9.92. The quantitative estimate of drug-likeness (QED) is 0.792. The number of fused-ring (bicyclic) bond motifs is 1. The van der Waals surface area contributed by atoms with E-state index < -0.39 is 0 Å². The lowest BCUT2D eigenvalue weighted by molar-refractivity contribution is 0.101. The highest BCUT2D eigenvalue weighted by atomic mass is 16.1. The lowest BCUT2D eigenvalue weighted by Crippen LogP contribution is -2.21. The monoisotopic (exact) mass is 304 g/mol. The van der Waals surface area contributed by atoms with Crippen molar-refractivity contribution in [3.63, 3.8) is 0 Å². The second kappa shape index (κ2) is 5.58. The molecule has 23 heavy (non-hydrogen) atoms. The van der Waals surface area contributed by atoms with E-state index in [-0.39, 0.29) is 11.8 Å². The molecule has 0 fully saturated rings. The summed E-state index contributed by atoms with van der Waals surface area (Å²) < 4.78 is 0. The Bertz CT molecular complexity index is 790. The fraction of sp³-hybridized carbons (Fsp3) is 0.250. The molecule has 2 aromatic rings. The van der Waals surface area contributed by atoms with Gasteiger partial charge in [0.2, 0.25) is 0 Å². The van der Waals surface area contributed by atoms with E-state index in [1.54, 1.807) is 6.92 Å². The van der Waals surface area contributed by atoms with Crippen molar-refractivity contribution in [2.45, 2.75) is 32.2 Å². The van der Waals surface area contributed by atoms with Gasteiger partial charge in [0.1, 0.15) is 0 Å². The molecular weight excluding hydrogens is 284 g/mol. The standard InChI is InChI=1S/C20H20N2O/c1-13(23)14-9-11-15(12-10-14)21-20-16-5-2-3-7-18(16)22-19-8-4-6-17(19)20/h2-3,5,7,9-12,20-22H,4,6,8H2,1H3. The molecule has 3 nitrogen and oxygen atoms in total. The van der Waals surface area contributed by atoms with Gasteiger partial charge in [-0.05, 0) is 62.1 Å². The first-order valence-electron chi connectivity index (χ1n) is 8.18. The van der Waals surface area contributed by atoms with Gasteiger partial charge in [0.05, 0.1) is 6.04 Å². The molecule has 1 unspecified atom stereocenters. The van der Waals surface area contributed by atoms with Crippen LogP contribution in [0.1, 0.15) is 48.1 Å². The molecule has 0 saturated carbocycles. The highest BCUT2D eigenvalue weighted by Crippen LogP contribution is 2.44. The number of ketones is 1. The Morgan fingerprint density at radius 3 is 2.65 bits per heavy atom. The maximum atomic E-state index is 11.4. The van der Waals surface area contributed by atoms with Crippen molar-refractivity contribution in [2.75, 3.05) is 10.6 Å². The predicted molar refractivity (Wildman–Crippen MR) is 93.8 cm³/mol. The molecule has 3 heteroatoms. The van der Waals surface area contributed by atoms with Crippen LogP contribution < -0.4 is 10.6 Å². The molecule has 0 bridgehead atoms. The van der Waals surface area contributed by atoms with Gasteiger partial charge in [-0.15, -0.1) is 0 Å². The molecule has 1 heterocycles. The zero-order chi connectivity index (χ0) is 15.8. The Balaban J connectivity index is 1.68. The van der Waals surface area contributed by atoms with E-state index in [0.29, 0.717) is 0 Å². The molecule has 4 rings (SSSR count). The third-order valence-corrected chi connectivity index (χ3v) is 4.77. The zero-order valence-electron chi connectivity index (χ0n) is 13.2. The van der Waals surface area contributed by atoms with Crippen molar-refractivity contribution in [1.82, 2.24) is 0 Å². The molecule has 1 aliphatic heterocycles. The molecule has 2 aromatic carbocycles. The normalized spacial score (nSPS) is 18.9. The molecule has 1 aliphatic carbocycles. The van der Waals surface area contributed by atoms with Crippen molar-refractivity contribution >= 4 is 17.2 Å². The summed E-state index contributed by atoms with van der Waals surface area (Å²) in [5, 5.41) is 7.26. The number of carbonyl (C=O) groups excluding carboxylic acids is 1. The first kappa shape index (κ1) is 14.1. The van der Waals surface area contributed by atoms with Gasteiger partial charge in [-0.1, -0.05) is 18.2 Å². The Morgan fingerprint density at radius 2 is 1.87 bits per heavy atom. The molecular formula is C20H20N2O. The van der Waals surface area contributed by atoms with Gasteiger partial charge in [-0.2, -0.15) is 0 Å². The first-order chi connectivity index (χ1) is 11.2. The van der Waals surface area contributed by atoms with Crippen LogP contribution in [0, 0.1) is 0 Å². The Hall–Kier alpha value is -2.55. The third kappa shape index (κ3) is 2.52. The van der Waals surface area contributed by atoms with E-state index in [1.807, 2.05) is 24.3 Å². The van der Waals surface area contributed by atoms with Gasteiger partial charge in [-0.25, -0.2) is 0 Å². The number of hydrogen-bond donors (Lipinski definition) is 2. The molecule has 0 radical (unpaired) electrons. The Morgan fingerprint density at radius 1 is 1.09 bits per heavy atom. The Kier molecular flexibility index (Phi) is 3.41. The molecule has 0 amide bonds. The summed E-state index contributed by atoms with van der Waals surface area (Å²) in [4.78, 5) is 11.4. The number of Topliss-reactive ketones (excluding diaryl/α,β-unsaturated/α-hetero) is 1. The van der Waals surface area contributed by atoms with Gasteiger partial charge in [0.25, 0.3) is 0 Å². The topological polar surface area (TPSA) is 41.1 Å². The van der Waals surface area contributed by atoms with Crippen molar-refractivity contribution < 1.29 is 4.79 Å². The minimum atomic E-state index is 0.101. The van der Waals surface area contributed by atoms with Crippen LogP contribution in [0.3, 0.4) is 0 Å². The number of benzene rings is 2. The maximum absolute atomic E-state index is 11.4. The summed E-state index contributed by atoms with van der Waals surface area (Å²) >= 11 is 0. The molecule has 0 aromatic heterocycles. The van der Waals surface area contributed by atoms with Crippen LogP contribution in [0.2, 0.25) is 0 Å². The van der Waals surface area contributed by atoms with E-state index in [2.05, 4.69) is 34.9 Å². The number of anilines is 2. The first-order valence-corrected chi connectivity index (χ1v) is 8.18. The summed E-state index contributed by atoms with van der Waals surface area (Å²) in [5.74, 6) is 0.101. The van der Waals surface area contributed by atoms with Crippen LogP contribution in [0.15, 0.2) is 59.8 Å². The highest BCUT2D eigenvalue weighted by Gasteiger charge is 2.30. The van der Waals surface area contributed by atoms with Crippen LogP contribution in [0.4, 0.5) is 11.4 Å². The van der Waals surface area contributed by atoms with Gasteiger partial charge in [0.15, 0.2) is 5.78 Å². The van der Waals surface area contributed by atoms with E-state index in [1.165, 1.54) is 28.9 Å². The third-order valence-electron chi connectivity index (χ3n) is 4.77. The van der Waals surface area contributed by atoms with Gasteiger partial charge in [0, 0.05) is 28.2 Å². The van der Waals surface area contributed by atoms with Gasteiger partial charge in [-0.3, -0.25) is 4.79 Å². The van der Waals surface area contributed by atoms with Crippen LogP contribution in [-0.2, 0) is 0 Å². The van der Waals surface area contributed by atoms with Crippen LogP contribution in [0.5, 0.6) is 0 Å². The van der Waals surface area contributed by atoms with Crippen LogP contribution >= 0.6 is 0 Å². The van der Waals surface area contributed by atoms with E-state index in [4.69, 9.17) is 0 Å². The summed E-state index contributed by atoms with van der Waals surface area (Å²) in [6.45, 7) is 1.60. The van der Waals surface area contributed by atoms with Gasteiger partial charge >= 0.3 is 0 Å². The second-order valence-electron chi connectivity index (χ2n) is 6.28. The minimum absolute atomic E-state index is 0.101. The average molecular weight is 304 g/mol. The SMILES string of the molecule is CC(=O)c1ccc(NC2C3=C(CCC3)Nc3ccccc32)cc1. The predicted octanol–water partition coefficient (Wildman–Crippen LogP) is 4.91. The summed E-state index contributed by atoms with van der Waals surface area (Å²) in [7, 11) is 0. The lowest BCUT2D eigenvalue weighted by Gasteiger charge is -2.30. The molecule has 2 N–H and O–H groups in total. The smallest absolute Gasteiger partial charge is 0.159 e. The number of carbonyl (C=O) groups is 1.